The van der Waals surface area contributed by atoms with Gasteiger partial charge in [-0.15, -0.1) is 5.10 Å². The smallest absolute Gasteiger partial charge is 0.178 e. The van der Waals surface area contributed by atoms with E-state index in [1.54, 1.807) is 23.2 Å². The minimum Gasteiger partial charge on any atom is -0.405 e. The second-order valence-corrected chi connectivity index (χ2v) is 7.70. The number of hydrogen-bond acceptors (Lipinski definition) is 6. The van der Waals surface area contributed by atoms with Crippen LogP contribution in [0.5, 0.6) is 0 Å². The Balaban J connectivity index is 1.72. The van der Waals surface area contributed by atoms with E-state index in [0.717, 1.165) is 32.3 Å². The third-order valence-corrected chi connectivity index (χ3v) is 5.30. The fourth-order valence-corrected chi connectivity index (χ4v) is 3.47. The van der Waals surface area contributed by atoms with Gasteiger partial charge in [0.15, 0.2) is 5.82 Å². The minimum absolute atomic E-state index is 0.282. The number of nitrogens with zero attached hydrogens (tertiary/aromatic N) is 5. The van der Waals surface area contributed by atoms with Crippen molar-refractivity contribution in [1.82, 2.24) is 30.2 Å². The second-order valence-electron chi connectivity index (χ2n) is 6.79. The summed E-state index contributed by atoms with van der Waals surface area (Å²) in [7, 11) is 0. The van der Waals surface area contributed by atoms with Crippen LogP contribution in [0.3, 0.4) is 0 Å². The highest BCUT2D eigenvalue weighted by Crippen LogP contribution is 2.28. The van der Waals surface area contributed by atoms with Gasteiger partial charge in [0.25, 0.3) is 0 Å². The predicted octanol–water partition coefficient (Wildman–Crippen LogP) is 4.10. The zero-order valence-corrected chi connectivity index (χ0v) is 18.2. The van der Waals surface area contributed by atoms with Gasteiger partial charge in [0.05, 0.1) is 23.9 Å². The van der Waals surface area contributed by atoms with Crippen molar-refractivity contribution in [2.24, 2.45) is 5.73 Å². The summed E-state index contributed by atoms with van der Waals surface area (Å²) in [5.74, 6) is 0.675. The van der Waals surface area contributed by atoms with Crippen LogP contribution in [0.2, 0.25) is 0 Å². The maximum Gasteiger partial charge on any atom is 0.178 e. The van der Waals surface area contributed by atoms with Gasteiger partial charge in [-0.25, -0.2) is 9.67 Å². The van der Waals surface area contributed by atoms with E-state index in [0.29, 0.717) is 12.4 Å². The molecule has 4 aromatic rings. The molecule has 9 heteroatoms. The summed E-state index contributed by atoms with van der Waals surface area (Å²) in [6.07, 6.45) is 8.55. The summed E-state index contributed by atoms with van der Waals surface area (Å²) in [6, 6.07) is 13.8. The number of H-pyrrole nitrogens is 1. The first kappa shape index (κ1) is 20.5. The Hall–Kier alpha value is -3.72. The van der Waals surface area contributed by atoms with Crippen molar-refractivity contribution in [3.05, 3.63) is 101 Å². The zero-order chi connectivity index (χ0) is 21.6. The fourth-order valence-electron chi connectivity index (χ4n) is 3.21. The molecule has 4 N–H and O–H groups in total. The Bertz CT molecular complexity index is 1240. The van der Waals surface area contributed by atoms with E-state index in [1.807, 2.05) is 48.5 Å². The Morgan fingerprint density at radius 2 is 2.10 bits per heavy atom. The van der Waals surface area contributed by atoms with Gasteiger partial charge in [-0.3, -0.25) is 0 Å². The number of hydrogen-bond donors (Lipinski definition) is 3. The van der Waals surface area contributed by atoms with Crippen molar-refractivity contribution < 1.29 is 0 Å². The SMILES string of the molecule is C=C/C(=C\C=C/N)Cn1nnnc1C(Nc1ccc2[nH]cnc2c1)c1ccc(Br)cc1. The monoisotopic (exact) mass is 476 g/mol. The summed E-state index contributed by atoms with van der Waals surface area (Å²) in [6.45, 7) is 4.33. The molecule has 2 aromatic carbocycles. The number of rotatable bonds is 8. The normalized spacial score (nSPS) is 13.0. The third-order valence-electron chi connectivity index (χ3n) is 4.77. The summed E-state index contributed by atoms with van der Waals surface area (Å²) < 4.78 is 2.75. The molecule has 0 saturated carbocycles. The van der Waals surface area contributed by atoms with E-state index in [1.165, 1.54) is 6.20 Å². The molecule has 1 unspecified atom stereocenters. The lowest BCUT2D eigenvalue weighted by Crippen LogP contribution is -2.19. The molecule has 0 spiro atoms. The summed E-state index contributed by atoms with van der Waals surface area (Å²) >= 11 is 3.50. The molecule has 4 rings (SSSR count). The molecular formula is C22H21BrN8. The number of nitrogens with one attached hydrogen (secondary N) is 2. The lowest BCUT2D eigenvalue weighted by Gasteiger charge is -2.20. The van der Waals surface area contributed by atoms with Crippen LogP contribution >= 0.6 is 15.9 Å². The number of imidazole rings is 1. The number of aromatic amines is 1. The second kappa shape index (κ2) is 9.40. The van der Waals surface area contributed by atoms with Crippen molar-refractivity contribution in [3.63, 3.8) is 0 Å². The first-order chi connectivity index (χ1) is 15.2. The van der Waals surface area contributed by atoms with Crippen molar-refractivity contribution >= 4 is 32.7 Å². The minimum atomic E-state index is -0.282. The third kappa shape index (κ3) is 4.72. The van der Waals surface area contributed by atoms with Gasteiger partial charge in [0, 0.05) is 10.2 Å². The average Bonchev–Trinajstić information content (AvgIpc) is 3.44. The van der Waals surface area contributed by atoms with Crippen molar-refractivity contribution in [2.45, 2.75) is 12.6 Å². The lowest BCUT2D eigenvalue weighted by molar-refractivity contribution is 0.607. The molecule has 0 bridgehead atoms. The van der Waals surface area contributed by atoms with E-state index in [-0.39, 0.29) is 6.04 Å². The molecule has 31 heavy (non-hydrogen) atoms. The molecule has 0 aliphatic heterocycles. The van der Waals surface area contributed by atoms with Gasteiger partial charge in [0.1, 0.15) is 6.04 Å². The van der Waals surface area contributed by atoms with Crippen LogP contribution in [-0.4, -0.2) is 30.2 Å². The van der Waals surface area contributed by atoms with Crippen LogP contribution in [0.4, 0.5) is 5.69 Å². The van der Waals surface area contributed by atoms with Gasteiger partial charge < -0.3 is 16.0 Å². The number of aromatic nitrogens is 6. The molecule has 1 atom stereocenters. The van der Waals surface area contributed by atoms with E-state index in [2.05, 4.69) is 53.3 Å². The molecule has 0 aliphatic rings. The number of fused-ring (bicyclic) bond motifs is 1. The van der Waals surface area contributed by atoms with Crippen LogP contribution in [0.25, 0.3) is 11.0 Å². The first-order valence-electron chi connectivity index (χ1n) is 9.59. The molecule has 0 amide bonds. The largest absolute Gasteiger partial charge is 0.405 e. The molecule has 2 heterocycles. The molecule has 2 aromatic heterocycles. The summed E-state index contributed by atoms with van der Waals surface area (Å²) in [5, 5.41) is 16.0. The van der Waals surface area contributed by atoms with Gasteiger partial charge >= 0.3 is 0 Å². The quantitative estimate of drug-likeness (QED) is 0.330. The van der Waals surface area contributed by atoms with E-state index in [4.69, 9.17) is 5.73 Å². The number of anilines is 1. The summed E-state index contributed by atoms with van der Waals surface area (Å²) in [5.41, 5.74) is 10.2. The molecule has 156 valence electrons. The fraction of sp³-hybridized carbons (Fsp3) is 0.0909. The van der Waals surface area contributed by atoms with Gasteiger partial charge in [0.2, 0.25) is 0 Å². The molecule has 0 radical (unpaired) electrons. The first-order valence-corrected chi connectivity index (χ1v) is 10.4. The van der Waals surface area contributed by atoms with Crippen LogP contribution in [-0.2, 0) is 6.54 Å². The number of halogens is 1. The topological polar surface area (TPSA) is 110 Å². The Morgan fingerprint density at radius 3 is 2.87 bits per heavy atom. The Morgan fingerprint density at radius 1 is 1.26 bits per heavy atom. The van der Waals surface area contributed by atoms with Crippen LogP contribution < -0.4 is 11.1 Å². The summed E-state index contributed by atoms with van der Waals surface area (Å²) in [4.78, 5) is 7.46. The van der Waals surface area contributed by atoms with Crippen molar-refractivity contribution in [2.75, 3.05) is 5.32 Å². The molecule has 0 fully saturated rings. The number of benzene rings is 2. The van der Waals surface area contributed by atoms with Crippen molar-refractivity contribution in [1.29, 1.82) is 0 Å². The van der Waals surface area contributed by atoms with Gasteiger partial charge in [-0.05, 0) is 64.2 Å². The number of nitrogens with two attached hydrogens (primary N) is 1. The van der Waals surface area contributed by atoms with Crippen LogP contribution in [0.15, 0.2) is 89.8 Å². The maximum absolute atomic E-state index is 5.46. The average molecular weight is 477 g/mol. The number of allylic oxidation sites excluding steroid dienone is 4. The Kier molecular flexibility index (Phi) is 6.23. The van der Waals surface area contributed by atoms with Crippen molar-refractivity contribution in [3.8, 4) is 0 Å². The van der Waals surface area contributed by atoms with E-state index >= 15 is 0 Å². The standard InChI is InChI=1S/C22H21BrN8/c1-2-15(4-3-11-24)13-31-22(28-29-30-31)21(16-5-7-17(23)8-6-16)27-18-9-10-19-20(12-18)26-14-25-19/h2-12,14,21,27H,1,13,24H2,(H,25,26)/b11-3-,15-4+. The molecule has 0 aliphatic carbocycles. The van der Waals surface area contributed by atoms with Gasteiger partial charge in [-0.2, -0.15) is 0 Å². The zero-order valence-electron chi connectivity index (χ0n) is 16.6. The van der Waals surface area contributed by atoms with Gasteiger partial charge in [-0.1, -0.05) is 46.8 Å². The van der Waals surface area contributed by atoms with E-state index < -0.39 is 0 Å². The highest BCUT2D eigenvalue weighted by molar-refractivity contribution is 9.10. The Labute approximate surface area is 187 Å². The maximum atomic E-state index is 5.46. The highest BCUT2D eigenvalue weighted by atomic mass is 79.9. The molecule has 0 saturated heterocycles. The molecule has 8 nitrogen and oxygen atoms in total. The lowest BCUT2D eigenvalue weighted by atomic mass is 10.1. The highest BCUT2D eigenvalue weighted by Gasteiger charge is 2.22. The van der Waals surface area contributed by atoms with Crippen LogP contribution in [0, 0.1) is 0 Å². The molecular weight excluding hydrogens is 456 g/mol. The predicted molar refractivity (Wildman–Crippen MR) is 125 cm³/mol. The van der Waals surface area contributed by atoms with Crippen LogP contribution in [0.1, 0.15) is 17.4 Å². The number of tetrazole rings is 1. The van der Waals surface area contributed by atoms with E-state index in [9.17, 15) is 0 Å².